The van der Waals surface area contributed by atoms with Gasteiger partial charge in [0.15, 0.2) is 0 Å². The molecule has 0 unspecified atom stereocenters. The minimum Gasteiger partial charge on any atom is -0.341 e. The number of benzene rings is 2. The van der Waals surface area contributed by atoms with Crippen molar-refractivity contribution < 1.29 is 9.59 Å². The van der Waals surface area contributed by atoms with Crippen molar-refractivity contribution in [3.05, 3.63) is 48.5 Å². The number of aromatic amines is 1. The molecule has 2 heterocycles. The average molecular weight is 334 g/mol. The van der Waals surface area contributed by atoms with Gasteiger partial charge in [-0.1, -0.05) is 24.3 Å². The number of fused-ring (bicyclic) bond motifs is 1. The first-order chi connectivity index (χ1) is 12.1. The molecule has 0 spiro atoms. The van der Waals surface area contributed by atoms with Crippen molar-refractivity contribution in [2.24, 2.45) is 5.92 Å². The number of carbonyl (C=O) groups excluding carboxylic acids is 2. The maximum atomic E-state index is 12.3. The summed E-state index contributed by atoms with van der Waals surface area (Å²) in [6, 6.07) is 15.4. The van der Waals surface area contributed by atoms with Crippen LogP contribution in [-0.4, -0.2) is 39.8 Å². The lowest BCUT2D eigenvalue weighted by molar-refractivity contribution is -0.139. The van der Waals surface area contributed by atoms with Crippen molar-refractivity contribution in [1.82, 2.24) is 14.9 Å². The minimum atomic E-state index is -0.140. The van der Waals surface area contributed by atoms with Gasteiger partial charge in [0.2, 0.25) is 11.8 Å². The van der Waals surface area contributed by atoms with E-state index in [2.05, 4.69) is 15.3 Å². The zero-order valence-corrected chi connectivity index (χ0v) is 13.8. The third-order valence-electron chi connectivity index (χ3n) is 4.49. The first-order valence-corrected chi connectivity index (χ1v) is 8.22. The topological polar surface area (TPSA) is 78.1 Å². The predicted molar refractivity (Wildman–Crippen MR) is 95.9 cm³/mol. The standard InChI is InChI=1S/C19H18N4O2/c1-12(24)23-10-14(11-23)19(25)20-15-6-4-5-13(9-15)18-21-16-7-2-3-8-17(16)22-18/h2-9,14H,10-11H2,1H3,(H,20,25)(H,21,22). The highest BCUT2D eigenvalue weighted by Crippen LogP contribution is 2.24. The second-order valence-corrected chi connectivity index (χ2v) is 6.29. The molecule has 1 saturated heterocycles. The van der Waals surface area contributed by atoms with Crippen LogP contribution < -0.4 is 5.32 Å². The lowest BCUT2D eigenvalue weighted by Gasteiger charge is -2.37. The molecule has 1 aliphatic rings. The van der Waals surface area contributed by atoms with Gasteiger partial charge in [0.05, 0.1) is 17.0 Å². The summed E-state index contributed by atoms with van der Waals surface area (Å²) in [7, 11) is 0. The van der Waals surface area contributed by atoms with Gasteiger partial charge in [-0.25, -0.2) is 4.98 Å². The molecule has 3 aromatic rings. The maximum Gasteiger partial charge on any atom is 0.231 e. The third-order valence-corrected chi connectivity index (χ3v) is 4.49. The Labute approximate surface area is 144 Å². The van der Waals surface area contributed by atoms with Crippen molar-refractivity contribution in [3.8, 4) is 11.4 Å². The van der Waals surface area contributed by atoms with Crippen LogP contribution in [0.25, 0.3) is 22.4 Å². The average Bonchev–Trinajstić information content (AvgIpc) is 2.97. The molecule has 25 heavy (non-hydrogen) atoms. The summed E-state index contributed by atoms with van der Waals surface area (Å²) in [5.74, 6) is 0.581. The van der Waals surface area contributed by atoms with Crippen LogP contribution in [-0.2, 0) is 9.59 Å². The molecule has 2 N–H and O–H groups in total. The van der Waals surface area contributed by atoms with E-state index in [1.54, 1.807) is 4.90 Å². The molecular weight excluding hydrogens is 316 g/mol. The van der Waals surface area contributed by atoms with E-state index < -0.39 is 0 Å². The first-order valence-electron chi connectivity index (χ1n) is 8.22. The fraction of sp³-hybridized carbons (Fsp3) is 0.211. The second kappa shape index (κ2) is 6.05. The molecular formula is C19H18N4O2. The zero-order chi connectivity index (χ0) is 17.4. The van der Waals surface area contributed by atoms with Crippen LogP contribution in [0, 0.1) is 5.92 Å². The number of amides is 2. The van der Waals surface area contributed by atoms with Crippen LogP contribution in [0.2, 0.25) is 0 Å². The van der Waals surface area contributed by atoms with E-state index in [4.69, 9.17) is 0 Å². The Morgan fingerprint density at radius 1 is 1.16 bits per heavy atom. The summed E-state index contributed by atoms with van der Waals surface area (Å²) >= 11 is 0. The normalized spacial score (nSPS) is 14.4. The number of aromatic nitrogens is 2. The molecule has 1 aliphatic heterocycles. The van der Waals surface area contributed by atoms with Crippen molar-refractivity contribution in [1.29, 1.82) is 0 Å². The van der Waals surface area contributed by atoms with Crippen LogP contribution in [0.5, 0.6) is 0 Å². The van der Waals surface area contributed by atoms with Crippen molar-refractivity contribution in [2.45, 2.75) is 6.92 Å². The fourth-order valence-electron chi connectivity index (χ4n) is 2.98. The van der Waals surface area contributed by atoms with Crippen molar-refractivity contribution in [3.63, 3.8) is 0 Å². The van der Waals surface area contributed by atoms with Crippen molar-refractivity contribution in [2.75, 3.05) is 18.4 Å². The molecule has 1 aromatic heterocycles. The number of para-hydroxylation sites is 2. The summed E-state index contributed by atoms with van der Waals surface area (Å²) in [5, 5.41) is 2.93. The summed E-state index contributed by atoms with van der Waals surface area (Å²) in [4.78, 5) is 33.0. The minimum absolute atomic E-state index is 0.0101. The highest BCUT2D eigenvalue weighted by Gasteiger charge is 2.34. The number of likely N-dealkylation sites (tertiary alicyclic amines) is 1. The highest BCUT2D eigenvalue weighted by molar-refractivity contribution is 5.95. The van der Waals surface area contributed by atoms with Gasteiger partial charge in [0.25, 0.3) is 0 Å². The number of imidazole rings is 1. The maximum absolute atomic E-state index is 12.3. The third kappa shape index (κ3) is 2.98. The molecule has 0 bridgehead atoms. The number of nitrogens with zero attached hydrogens (tertiary/aromatic N) is 2. The zero-order valence-electron chi connectivity index (χ0n) is 13.8. The molecule has 0 saturated carbocycles. The molecule has 0 atom stereocenters. The Kier molecular flexibility index (Phi) is 3.72. The van der Waals surface area contributed by atoms with Gasteiger partial charge in [0, 0.05) is 31.3 Å². The van der Waals surface area contributed by atoms with E-state index in [0.717, 1.165) is 28.1 Å². The van der Waals surface area contributed by atoms with Crippen LogP contribution in [0.4, 0.5) is 5.69 Å². The van der Waals surface area contributed by atoms with Crippen LogP contribution in [0.3, 0.4) is 0 Å². The molecule has 6 heteroatoms. The molecule has 0 aliphatic carbocycles. The van der Waals surface area contributed by atoms with Crippen LogP contribution in [0.15, 0.2) is 48.5 Å². The number of hydrogen-bond acceptors (Lipinski definition) is 3. The lowest BCUT2D eigenvalue weighted by Crippen LogP contribution is -2.53. The number of nitrogens with one attached hydrogen (secondary N) is 2. The van der Waals surface area contributed by atoms with E-state index in [1.807, 2.05) is 48.5 Å². The number of anilines is 1. The van der Waals surface area contributed by atoms with Gasteiger partial charge in [-0.3, -0.25) is 9.59 Å². The SMILES string of the molecule is CC(=O)N1CC(C(=O)Nc2cccc(-c3nc4ccccc4[nH]3)c2)C1. The van der Waals surface area contributed by atoms with E-state index in [9.17, 15) is 9.59 Å². The van der Waals surface area contributed by atoms with E-state index >= 15 is 0 Å². The largest absolute Gasteiger partial charge is 0.341 e. The van der Waals surface area contributed by atoms with E-state index in [1.165, 1.54) is 6.92 Å². The second-order valence-electron chi connectivity index (χ2n) is 6.29. The van der Waals surface area contributed by atoms with Gasteiger partial charge >= 0.3 is 0 Å². The summed E-state index contributed by atoms with van der Waals surface area (Å²) in [6.45, 7) is 2.50. The summed E-state index contributed by atoms with van der Waals surface area (Å²) in [6.07, 6.45) is 0. The van der Waals surface area contributed by atoms with Crippen LogP contribution >= 0.6 is 0 Å². The summed E-state index contributed by atoms with van der Waals surface area (Å²) in [5.41, 5.74) is 3.52. The monoisotopic (exact) mass is 334 g/mol. The molecule has 4 rings (SSSR count). The van der Waals surface area contributed by atoms with Gasteiger partial charge < -0.3 is 15.2 Å². The molecule has 6 nitrogen and oxygen atoms in total. The Morgan fingerprint density at radius 2 is 1.96 bits per heavy atom. The predicted octanol–water partition coefficient (Wildman–Crippen LogP) is 2.65. The molecule has 2 amide bonds. The Bertz CT molecular complexity index is 924. The lowest BCUT2D eigenvalue weighted by atomic mass is 9.99. The Hall–Kier alpha value is -3.15. The van der Waals surface area contributed by atoms with Gasteiger partial charge in [0.1, 0.15) is 5.82 Å². The Balaban J connectivity index is 1.50. The smallest absolute Gasteiger partial charge is 0.231 e. The van der Waals surface area contributed by atoms with Crippen molar-refractivity contribution >= 4 is 28.5 Å². The Morgan fingerprint density at radius 3 is 2.72 bits per heavy atom. The van der Waals surface area contributed by atoms with Gasteiger partial charge in [-0.05, 0) is 24.3 Å². The first kappa shape index (κ1) is 15.4. The quantitative estimate of drug-likeness (QED) is 0.773. The fourth-order valence-corrected chi connectivity index (χ4v) is 2.98. The van der Waals surface area contributed by atoms with Gasteiger partial charge in [-0.2, -0.15) is 0 Å². The number of carbonyl (C=O) groups is 2. The van der Waals surface area contributed by atoms with E-state index in [-0.39, 0.29) is 17.7 Å². The molecule has 2 aromatic carbocycles. The van der Waals surface area contributed by atoms with E-state index in [0.29, 0.717) is 13.1 Å². The number of rotatable bonds is 3. The number of H-pyrrole nitrogens is 1. The highest BCUT2D eigenvalue weighted by atomic mass is 16.2. The summed E-state index contributed by atoms with van der Waals surface area (Å²) < 4.78 is 0. The van der Waals surface area contributed by atoms with Gasteiger partial charge in [-0.15, -0.1) is 0 Å². The molecule has 126 valence electrons. The molecule has 1 fully saturated rings. The van der Waals surface area contributed by atoms with Crippen LogP contribution in [0.1, 0.15) is 6.92 Å². The number of hydrogen-bond donors (Lipinski definition) is 2. The molecule has 0 radical (unpaired) electrons.